The van der Waals surface area contributed by atoms with Crippen molar-refractivity contribution < 1.29 is 4.42 Å². The number of anilines is 3. The topological polar surface area (TPSA) is 16.4 Å². The van der Waals surface area contributed by atoms with E-state index in [0.717, 1.165) is 44.6 Å². The minimum atomic E-state index is 0.869. The molecule has 0 spiro atoms. The van der Waals surface area contributed by atoms with Crippen molar-refractivity contribution in [1.82, 2.24) is 0 Å². The van der Waals surface area contributed by atoms with E-state index in [4.69, 9.17) is 4.42 Å². The SMILES string of the molecule is c1cc(-c2cccc3ccccc23)cc(N(c2ccccc2-c2ccc3sc4ccccc4c3c2)c2cccc3c2oc2ccccc23)c1. The van der Waals surface area contributed by atoms with Gasteiger partial charge in [0.05, 0.1) is 11.4 Å². The van der Waals surface area contributed by atoms with Crippen molar-refractivity contribution in [2.45, 2.75) is 0 Å². The molecule has 2 nitrogen and oxygen atoms in total. The fraction of sp³-hybridized carbons (Fsp3) is 0. The summed E-state index contributed by atoms with van der Waals surface area (Å²) in [7, 11) is 0. The Bertz CT molecular complexity index is 2850. The Morgan fingerprint density at radius 2 is 1.06 bits per heavy atom. The van der Waals surface area contributed by atoms with Crippen LogP contribution in [0.3, 0.4) is 0 Å². The van der Waals surface area contributed by atoms with Gasteiger partial charge >= 0.3 is 0 Å². The summed E-state index contributed by atoms with van der Waals surface area (Å²) >= 11 is 1.85. The molecule has 49 heavy (non-hydrogen) atoms. The second kappa shape index (κ2) is 11.2. The van der Waals surface area contributed by atoms with Crippen LogP contribution in [-0.4, -0.2) is 0 Å². The average molecular weight is 644 g/mol. The molecule has 10 aromatic rings. The highest BCUT2D eigenvalue weighted by Gasteiger charge is 2.22. The third-order valence-corrected chi connectivity index (χ3v) is 10.8. The zero-order chi connectivity index (χ0) is 32.3. The Balaban J connectivity index is 1.23. The highest BCUT2D eigenvalue weighted by Crippen LogP contribution is 2.47. The Labute approximate surface area is 287 Å². The van der Waals surface area contributed by atoms with Crippen LogP contribution >= 0.6 is 11.3 Å². The summed E-state index contributed by atoms with van der Waals surface area (Å²) in [4.78, 5) is 2.38. The van der Waals surface area contributed by atoms with Crippen LogP contribution in [0.5, 0.6) is 0 Å². The highest BCUT2D eigenvalue weighted by atomic mass is 32.1. The minimum Gasteiger partial charge on any atom is -0.454 e. The molecule has 2 aromatic heterocycles. The largest absolute Gasteiger partial charge is 0.454 e. The summed E-state index contributed by atoms with van der Waals surface area (Å²) in [6.45, 7) is 0. The summed E-state index contributed by atoms with van der Waals surface area (Å²) < 4.78 is 9.29. The number of nitrogens with zero attached hydrogens (tertiary/aromatic N) is 1. The molecule has 0 unspecified atom stereocenters. The lowest BCUT2D eigenvalue weighted by molar-refractivity contribution is 0.669. The summed E-state index contributed by atoms with van der Waals surface area (Å²) in [6.07, 6.45) is 0. The van der Waals surface area contributed by atoms with Gasteiger partial charge < -0.3 is 9.32 Å². The predicted molar refractivity (Wildman–Crippen MR) is 210 cm³/mol. The molecule has 3 heteroatoms. The molecule has 0 saturated heterocycles. The highest BCUT2D eigenvalue weighted by molar-refractivity contribution is 7.25. The van der Waals surface area contributed by atoms with Crippen molar-refractivity contribution in [2.75, 3.05) is 4.90 Å². The van der Waals surface area contributed by atoms with Crippen molar-refractivity contribution in [2.24, 2.45) is 0 Å². The van der Waals surface area contributed by atoms with Gasteiger partial charge in [0, 0.05) is 42.2 Å². The van der Waals surface area contributed by atoms with Gasteiger partial charge in [-0.15, -0.1) is 11.3 Å². The van der Waals surface area contributed by atoms with Gasteiger partial charge in [-0.25, -0.2) is 0 Å². The Kier molecular flexibility index (Phi) is 6.39. The molecule has 8 aromatic carbocycles. The number of rotatable bonds is 5. The van der Waals surface area contributed by atoms with E-state index >= 15 is 0 Å². The third kappa shape index (κ3) is 4.55. The molecular weight excluding hydrogens is 615 g/mol. The molecular formula is C46H29NOS. The second-order valence-electron chi connectivity index (χ2n) is 12.5. The first-order chi connectivity index (χ1) is 24.3. The van der Waals surface area contributed by atoms with Crippen LogP contribution in [0.2, 0.25) is 0 Å². The van der Waals surface area contributed by atoms with Gasteiger partial charge in [-0.2, -0.15) is 0 Å². The van der Waals surface area contributed by atoms with Gasteiger partial charge in [0.1, 0.15) is 5.58 Å². The number of para-hydroxylation sites is 3. The van der Waals surface area contributed by atoms with E-state index in [-0.39, 0.29) is 0 Å². The molecule has 0 aliphatic heterocycles. The van der Waals surface area contributed by atoms with Gasteiger partial charge in [0.25, 0.3) is 0 Å². The zero-order valence-electron chi connectivity index (χ0n) is 26.5. The number of furan rings is 1. The summed E-state index contributed by atoms with van der Waals surface area (Å²) in [5, 5.41) is 7.28. The second-order valence-corrected chi connectivity index (χ2v) is 13.6. The zero-order valence-corrected chi connectivity index (χ0v) is 27.3. The van der Waals surface area contributed by atoms with Gasteiger partial charge in [-0.1, -0.05) is 127 Å². The third-order valence-electron chi connectivity index (χ3n) is 9.66. The monoisotopic (exact) mass is 643 g/mol. The average Bonchev–Trinajstić information content (AvgIpc) is 3.74. The van der Waals surface area contributed by atoms with Crippen LogP contribution in [-0.2, 0) is 0 Å². The normalized spacial score (nSPS) is 11.7. The fourth-order valence-corrected chi connectivity index (χ4v) is 8.50. The molecule has 10 rings (SSSR count). The van der Waals surface area contributed by atoms with E-state index in [1.807, 2.05) is 17.4 Å². The van der Waals surface area contributed by atoms with Gasteiger partial charge in [0.2, 0.25) is 0 Å². The van der Waals surface area contributed by atoms with Crippen molar-refractivity contribution in [1.29, 1.82) is 0 Å². The van der Waals surface area contributed by atoms with Gasteiger partial charge in [0.15, 0.2) is 5.58 Å². The molecule has 230 valence electrons. The van der Waals surface area contributed by atoms with Crippen molar-refractivity contribution >= 4 is 81.3 Å². The predicted octanol–water partition coefficient (Wildman–Crippen LogP) is 13.9. The Hall–Kier alpha value is -6.16. The van der Waals surface area contributed by atoms with E-state index in [0.29, 0.717) is 0 Å². The summed E-state index contributed by atoms with van der Waals surface area (Å²) in [5.41, 5.74) is 9.62. The van der Waals surface area contributed by atoms with Gasteiger partial charge in [-0.3, -0.25) is 0 Å². The molecule has 0 aliphatic carbocycles. The van der Waals surface area contributed by atoms with E-state index in [2.05, 4.69) is 175 Å². The number of hydrogen-bond donors (Lipinski definition) is 0. The maximum atomic E-state index is 6.68. The van der Waals surface area contributed by atoms with Crippen LogP contribution in [0, 0.1) is 0 Å². The Morgan fingerprint density at radius 1 is 0.408 bits per heavy atom. The number of benzene rings is 8. The number of hydrogen-bond acceptors (Lipinski definition) is 3. The quantitative estimate of drug-likeness (QED) is 0.186. The molecule has 2 heterocycles. The van der Waals surface area contributed by atoms with Crippen LogP contribution in [0.4, 0.5) is 17.1 Å². The van der Waals surface area contributed by atoms with E-state index in [9.17, 15) is 0 Å². The molecule has 0 amide bonds. The molecule has 0 atom stereocenters. The lowest BCUT2D eigenvalue weighted by atomic mass is 9.97. The maximum absolute atomic E-state index is 6.68. The van der Waals surface area contributed by atoms with Gasteiger partial charge in [-0.05, 0) is 76.0 Å². The minimum absolute atomic E-state index is 0.869. The lowest BCUT2D eigenvalue weighted by Crippen LogP contribution is -2.11. The fourth-order valence-electron chi connectivity index (χ4n) is 7.41. The first kappa shape index (κ1) is 27.9. The summed E-state index contributed by atoms with van der Waals surface area (Å²) in [5.74, 6) is 0. The first-order valence-corrected chi connectivity index (χ1v) is 17.4. The van der Waals surface area contributed by atoms with Crippen LogP contribution in [0.25, 0.3) is 75.1 Å². The van der Waals surface area contributed by atoms with E-state index in [1.165, 1.54) is 47.6 Å². The molecule has 0 fully saturated rings. The smallest absolute Gasteiger partial charge is 0.159 e. The number of fused-ring (bicyclic) bond motifs is 7. The molecule has 0 radical (unpaired) electrons. The molecule has 0 bridgehead atoms. The van der Waals surface area contributed by atoms with Crippen molar-refractivity contribution in [3.8, 4) is 22.3 Å². The van der Waals surface area contributed by atoms with Crippen LogP contribution < -0.4 is 4.90 Å². The van der Waals surface area contributed by atoms with E-state index in [1.54, 1.807) is 0 Å². The molecule has 0 aliphatic rings. The lowest BCUT2D eigenvalue weighted by Gasteiger charge is -2.28. The van der Waals surface area contributed by atoms with Crippen LogP contribution in [0.1, 0.15) is 0 Å². The van der Waals surface area contributed by atoms with Crippen molar-refractivity contribution in [3.63, 3.8) is 0 Å². The Morgan fingerprint density at radius 3 is 2.02 bits per heavy atom. The molecule has 0 saturated carbocycles. The summed E-state index contributed by atoms with van der Waals surface area (Å²) in [6, 6.07) is 63.2. The van der Waals surface area contributed by atoms with Crippen LogP contribution in [0.15, 0.2) is 180 Å². The number of thiophene rings is 1. The van der Waals surface area contributed by atoms with E-state index < -0.39 is 0 Å². The first-order valence-electron chi connectivity index (χ1n) is 16.6. The standard InChI is InChI=1S/C46H29NOS/c1-2-16-34-30(12-1)13-10-20-35(34)31-14-9-15-33(28-31)47(42-23-11-21-39-37-18-4-7-24-43(37)48-46(39)42)41-22-6-3-17-36(41)32-26-27-45-40(29-32)38-19-5-8-25-44(38)49-45/h1-29H. The van der Waals surface area contributed by atoms with Crippen molar-refractivity contribution in [3.05, 3.63) is 176 Å². The molecule has 0 N–H and O–H groups in total. The maximum Gasteiger partial charge on any atom is 0.159 e.